The summed E-state index contributed by atoms with van der Waals surface area (Å²) in [6.45, 7) is 1.56. The normalized spacial score (nSPS) is 18.4. The van der Waals surface area contributed by atoms with E-state index in [-0.39, 0.29) is 29.4 Å². The number of carbonyl (C=O) groups is 4. The highest BCUT2D eigenvalue weighted by molar-refractivity contribution is 8.00. The molecule has 3 amide bonds. The maximum absolute atomic E-state index is 14.2. The van der Waals surface area contributed by atoms with Gasteiger partial charge in [-0.3, -0.25) is 19.2 Å². The number of amides is 3. The molecule has 48 heavy (non-hydrogen) atoms. The number of halogens is 1. The largest absolute Gasteiger partial charge is 0.483 e. The maximum Gasteiger partial charge on any atom is 0.338 e. The second kappa shape index (κ2) is 12.9. The highest BCUT2D eigenvalue weighted by Gasteiger charge is 2.57. The summed E-state index contributed by atoms with van der Waals surface area (Å²) in [6.07, 6.45) is 0. The number of fused-ring (bicyclic) bond motifs is 3. The van der Waals surface area contributed by atoms with Crippen molar-refractivity contribution < 1.29 is 28.7 Å². The number of anilines is 2. The van der Waals surface area contributed by atoms with E-state index in [4.69, 9.17) is 21.1 Å². The Labute approximate surface area is 287 Å². The summed E-state index contributed by atoms with van der Waals surface area (Å²) in [5.41, 5.74) is 1.66. The zero-order chi connectivity index (χ0) is 33.5. The summed E-state index contributed by atoms with van der Waals surface area (Å²) in [6, 6.07) is 24.3. The number of benzene rings is 4. The number of aromatic amines is 1. The molecule has 0 bridgehead atoms. The number of hydrogen-bond donors (Lipinski definition) is 2. The van der Waals surface area contributed by atoms with Crippen LogP contribution in [0.2, 0.25) is 5.02 Å². The molecule has 0 radical (unpaired) electrons. The van der Waals surface area contributed by atoms with Crippen molar-refractivity contribution in [2.75, 3.05) is 23.4 Å². The van der Waals surface area contributed by atoms with Gasteiger partial charge in [0.2, 0.25) is 11.8 Å². The number of rotatable bonds is 8. The average Bonchev–Trinajstić information content (AvgIpc) is 3.58. The third-order valence-electron chi connectivity index (χ3n) is 8.16. The van der Waals surface area contributed by atoms with E-state index in [9.17, 15) is 24.0 Å². The maximum atomic E-state index is 14.2. The van der Waals surface area contributed by atoms with E-state index in [2.05, 4.69) is 10.3 Å². The van der Waals surface area contributed by atoms with Crippen molar-refractivity contribution in [1.82, 2.24) is 4.98 Å². The standard InChI is InChI=1S/C35H26ClN3O7S2/c1-2-45-34(43)19-8-12-23(13-9-19)39-32(41)28-27(29-31(38-35(44)48-29)47-30(28)33(39)42)24-16-21(36)10-14-25(24)46-17-26(40)37-22-11-7-18-5-3-4-6-20(18)15-22/h3-16,27-28,30H,2,17H2,1H3,(H,37,40)(H,38,44)/t27-,28?,30?/m1/s1. The van der Waals surface area contributed by atoms with E-state index in [1.807, 2.05) is 42.5 Å². The Morgan fingerprint density at radius 1 is 0.938 bits per heavy atom. The molecule has 3 heterocycles. The van der Waals surface area contributed by atoms with Crippen LogP contribution in [0.15, 0.2) is 94.7 Å². The molecule has 1 fully saturated rings. The number of hydrogen-bond acceptors (Lipinski definition) is 9. The van der Waals surface area contributed by atoms with Crippen LogP contribution in [0.1, 0.15) is 33.6 Å². The van der Waals surface area contributed by atoms with Crippen LogP contribution in [0.4, 0.5) is 11.4 Å². The fourth-order valence-electron chi connectivity index (χ4n) is 6.07. The van der Waals surface area contributed by atoms with E-state index >= 15 is 0 Å². The molecule has 5 aromatic rings. The zero-order valence-corrected chi connectivity index (χ0v) is 27.6. The SMILES string of the molecule is CCOC(=O)c1ccc(N2C(=O)C3Sc4[nH]c(=O)sc4[C@H](c4cc(Cl)ccc4OCC(=O)Nc4ccc5ccccc5c4)C3C2=O)cc1. The van der Waals surface area contributed by atoms with Crippen molar-refractivity contribution in [2.45, 2.75) is 23.1 Å². The lowest BCUT2D eigenvalue weighted by atomic mass is 9.82. The fraction of sp³-hybridized carbons (Fsp3) is 0.171. The van der Waals surface area contributed by atoms with Gasteiger partial charge < -0.3 is 19.8 Å². The summed E-state index contributed by atoms with van der Waals surface area (Å²) < 4.78 is 11.1. The number of thioether (sulfide) groups is 1. The minimum Gasteiger partial charge on any atom is -0.483 e. The first-order valence-corrected chi connectivity index (χ1v) is 17.0. The van der Waals surface area contributed by atoms with Crippen LogP contribution in [0, 0.1) is 5.92 Å². The molecule has 0 aliphatic carbocycles. The predicted molar refractivity (Wildman–Crippen MR) is 184 cm³/mol. The smallest absolute Gasteiger partial charge is 0.338 e. The highest BCUT2D eigenvalue weighted by atomic mass is 35.5. The lowest BCUT2D eigenvalue weighted by Crippen LogP contribution is -2.32. The van der Waals surface area contributed by atoms with E-state index in [1.165, 1.54) is 24.3 Å². The quantitative estimate of drug-likeness (QED) is 0.144. The van der Waals surface area contributed by atoms with E-state index in [1.54, 1.807) is 25.1 Å². The Kier molecular flexibility index (Phi) is 8.54. The molecule has 242 valence electrons. The van der Waals surface area contributed by atoms with Gasteiger partial charge in [-0.2, -0.15) is 0 Å². The molecular formula is C35H26ClN3O7S2. The van der Waals surface area contributed by atoms with Crippen LogP contribution in [0.25, 0.3) is 10.8 Å². The number of nitrogens with one attached hydrogen (secondary N) is 2. The predicted octanol–water partition coefficient (Wildman–Crippen LogP) is 6.23. The molecule has 2 aliphatic rings. The van der Waals surface area contributed by atoms with Crippen LogP contribution >= 0.6 is 34.7 Å². The molecule has 3 atom stereocenters. The Morgan fingerprint density at radius 3 is 2.48 bits per heavy atom. The van der Waals surface area contributed by atoms with Crippen molar-refractivity contribution in [3.8, 4) is 5.75 Å². The van der Waals surface area contributed by atoms with Gasteiger partial charge in [-0.15, -0.1) is 0 Å². The molecular weight excluding hydrogens is 674 g/mol. The van der Waals surface area contributed by atoms with Gasteiger partial charge in [0.15, 0.2) is 6.61 Å². The Bertz CT molecular complexity index is 2160. The zero-order valence-electron chi connectivity index (χ0n) is 25.2. The van der Waals surface area contributed by atoms with Crippen molar-refractivity contribution in [3.63, 3.8) is 0 Å². The first-order valence-electron chi connectivity index (χ1n) is 15.0. The van der Waals surface area contributed by atoms with Gasteiger partial charge >= 0.3 is 10.8 Å². The highest BCUT2D eigenvalue weighted by Crippen LogP contribution is 2.54. The fourth-order valence-corrected chi connectivity index (χ4v) is 8.76. The molecule has 0 spiro atoms. The summed E-state index contributed by atoms with van der Waals surface area (Å²) >= 11 is 8.56. The second-order valence-electron chi connectivity index (χ2n) is 11.1. The first-order chi connectivity index (χ1) is 23.2. The van der Waals surface area contributed by atoms with Crippen LogP contribution < -0.4 is 19.8 Å². The Hall–Kier alpha value is -4.91. The monoisotopic (exact) mass is 699 g/mol. The number of esters is 1. The summed E-state index contributed by atoms with van der Waals surface area (Å²) in [5, 5.41) is 4.83. The van der Waals surface area contributed by atoms with Gasteiger partial charge in [-0.25, -0.2) is 9.69 Å². The number of aromatic nitrogens is 1. The molecule has 4 aromatic carbocycles. The van der Waals surface area contributed by atoms with Gasteiger partial charge in [0, 0.05) is 27.1 Å². The summed E-state index contributed by atoms with van der Waals surface area (Å²) in [4.78, 5) is 70.0. The number of H-pyrrole nitrogens is 1. The van der Waals surface area contributed by atoms with Crippen LogP contribution in [0.5, 0.6) is 5.75 Å². The third kappa shape index (κ3) is 5.87. The number of nitrogens with zero attached hydrogens (tertiary/aromatic N) is 1. The van der Waals surface area contributed by atoms with Gasteiger partial charge in [0.1, 0.15) is 11.0 Å². The van der Waals surface area contributed by atoms with Crippen molar-refractivity contribution >= 4 is 80.5 Å². The topological polar surface area (TPSA) is 135 Å². The molecule has 10 nitrogen and oxygen atoms in total. The molecule has 0 saturated carbocycles. The van der Waals surface area contributed by atoms with Crippen LogP contribution in [0.3, 0.4) is 0 Å². The van der Waals surface area contributed by atoms with Crippen LogP contribution in [-0.4, -0.2) is 47.1 Å². The van der Waals surface area contributed by atoms with E-state index in [0.717, 1.165) is 38.8 Å². The molecule has 1 aromatic heterocycles. The molecule has 2 unspecified atom stereocenters. The summed E-state index contributed by atoms with van der Waals surface area (Å²) in [5.74, 6) is -3.27. The average molecular weight is 700 g/mol. The minimum absolute atomic E-state index is 0.211. The van der Waals surface area contributed by atoms with Crippen LogP contribution in [-0.2, 0) is 19.1 Å². The van der Waals surface area contributed by atoms with E-state index in [0.29, 0.717) is 31.9 Å². The number of ether oxygens (including phenoxy) is 2. The Morgan fingerprint density at radius 2 is 1.71 bits per heavy atom. The van der Waals surface area contributed by atoms with Gasteiger partial charge in [-0.1, -0.05) is 65.0 Å². The lowest BCUT2D eigenvalue weighted by Gasteiger charge is -2.31. The number of carbonyl (C=O) groups excluding carboxylic acids is 4. The van der Waals surface area contributed by atoms with Gasteiger partial charge in [-0.05, 0) is 72.3 Å². The molecule has 7 rings (SSSR count). The van der Waals surface area contributed by atoms with E-state index < -0.39 is 40.8 Å². The number of thiazole rings is 1. The van der Waals surface area contributed by atoms with Crippen molar-refractivity contribution in [1.29, 1.82) is 0 Å². The Balaban J connectivity index is 1.19. The van der Waals surface area contributed by atoms with Gasteiger partial charge in [0.25, 0.3) is 5.91 Å². The third-order valence-corrected chi connectivity index (χ3v) is 10.8. The number of imide groups is 1. The molecule has 2 aliphatic heterocycles. The summed E-state index contributed by atoms with van der Waals surface area (Å²) in [7, 11) is 0. The van der Waals surface area contributed by atoms with Crippen molar-refractivity contribution in [3.05, 3.63) is 116 Å². The van der Waals surface area contributed by atoms with Crippen molar-refractivity contribution in [2.24, 2.45) is 5.92 Å². The second-order valence-corrected chi connectivity index (χ2v) is 13.7. The minimum atomic E-state index is -0.918. The molecule has 2 N–H and O–H groups in total. The van der Waals surface area contributed by atoms with Gasteiger partial charge in [0.05, 0.1) is 28.8 Å². The molecule has 13 heteroatoms. The molecule has 1 saturated heterocycles. The first kappa shape index (κ1) is 31.7. The lowest BCUT2D eigenvalue weighted by molar-refractivity contribution is -0.122.